The molecule has 2 aromatic heterocycles. The Morgan fingerprint density at radius 3 is 2.62 bits per heavy atom. The van der Waals surface area contributed by atoms with Crippen LogP contribution in [-0.4, -0.2) is 34.3 Å². The quantitative estimate of drug-likeness (QED) is 0.687. The van der Waals surface area contributed by atoms with Crippen molar-refractivity contribution in [2.75, 3.05) is 11.6 Å². The van der Waals surface area contributed by atoms with Gasteiger partial charge in [-0.05, 0) is 29.7 Å². The molecule has 26 heavy (non-hydrogen) atoms. The molecule has 0 atom stereocenters. The molecule has 0 saturated heterocycles. The summed E-state index contributed by atoms with van der Waals surface area (Å²) in [5.41, 5.74) is 2.04. The molecular weight excluding hydrogens is 397 g/mol. The Kier molecular flexibility index (Phi) is 5.09. The smallest absolute Gasteiger partial charge is 0.252 e. The lowest BCUT2D eigenvalue weighted by atomic mass is 10.1. The second-order valence-corrected chi connectivity index (χ2v) is 8.93. The summed E-state index contributed by atoms with van der Waals surface area (Å²) in [5, 5.41) is 8.21. The van der Waals surface area contributed by atoms with Gasteiger partial charge in [0.25, 0.3) is 5.16 Å². The monoisotopic (exact) mass is 413 g/mol. The van der Waals surface area contributed by atoms with Crippen molar-refractivity contribution in [3.63, 3.8) is 0 Å². The number of hydrogen-bond acceptors (Lipinski definition) is 6. The third-order valence-corrected chi connectivity index (χ3v) is 5.22. The van der Waals surface area contributed by atoms with E-state index in [0.717, 1.165) is 17.4 Å². The first-order valence-electron chi connectivity index (χ1n) is 7.80. The zero-order valence-electron chi connectivity index (χ0n) is 14.4. The van der Waals surface area contributed by atoms with Crippen molar-refractivity contribution in [1.29, 1.82) is 0 Å². The maximum atomic E-state index is 12.0. The summed E-state index contributed by atoms with van der Waals surface area (Å²) in [7, 11) is -3.59. The molecule has 1 aromatic carbocycles. The highest BCUT2D eigenvalue weighted by Crippen LogP contribution is 2.24. The number of fused-ring (bicyclic) bond motifs is 1. The van der Waals surface area contributed by atoms with E-state index in [4.69, 9.17) is 23.2 Å². The molecule has 0 radical (unpaired) electrons. The van der Waals surface area contributed by atoms with Gasteiger partial charge in [-0.15, -0.1) is 0 Å². The first kappa shape index (κ1) is 18.9. The molecule has 10 heteroatoms. The molecule has 0 spiro atoms. The van der Waals surface area contributed by atoms with E-state index in [0.29, 0.717) is 22.2 Å². The van der Waals surface area contributed by atoms with Crippen LogP contribution in [0.1, 0.15) is 30.9 Å². The second-order valence-electron chi connectivity index (χ2n) is 6.18. The fourth-order valence-corrected chi connectivity index (χ4v) is 3.30. The number of rotatable bonds is 5. The van der Waals surface area contributed by atoms with E-state index in [1.54, 1.807) is 24.4 Å². The lowest BCUT2D eigenvalue weighted by Gasteiger charge is -2.11. The number of sulfone groups is 1. The zero-order valence-corrected chi connectivity index (χ0v) is 16.7. The van der Waals surface area contributed by atoms with Crippen molar-refractivity contribution >= 4 is 44.6 Å². The minimum atomic E-state index is -3.59. The lowest BCUT2D eigenvalue weighted by Crippen LogP contribution is -2.14. The van der Waals surface area contributed by atoms with Crippen LogP contribution in [0.4, 0.5) is 5.95 Å². The van der Waals surface area contributed by atoms with Crippen LogP contribution in [-0.2, 0) is 16.4 Å². The largest absolute Gasteiger partial charge is 0.350 e. The SMILES string of the molecule is CC(C)c1cnn2c(NCc3cc(Cl)ccc3Cl)nc(S(C)(=O)=O)nc12. The Morgan fingerprint density at radius 1 is 1.23 bits per heavy atom. The molecule has 0 amide bonds. The third-order valence-electron chi connectivity index (χ3n) is 3.77. The van der Waals surface area contributed by atoms with Gasteiger partial charge in [0.05, 0.1) is 6.20 Å². The van der Waals surface area contributed by atoms with Crippen LogP contribution in [0.5, 0.6) is 0 Å². The summed E-state index contributed by atoms with van der Waals surface area (Å²) >= 11 is 12.2. The average Bonchev–Trinajstić information content (AvgIpc) is 2.99. The Balaban J connectivity index is 2.08. The predicted octanol–water partition coefficient (Wildman–Crippen LogP) is 3.57. The molecule has 0 aliphatic heterocycles. The van der Waals surface area contributed by atoms with Gasteiger partial charge in [-0.25, -0.2) is 8.42 Å². The fourth-order valence-electron chi connectivity index (χ4n) is 2.42. The Morgan fingerprint density at radius 2 is 1.96 bits per heavy atom. The molecular formula is C16H17Cl2N5O2S. The average molecular weight is 414 g/mol. The Hall–Kier alpha value is -1.90. The molecule has 138 valence electrons. The molecule has 1 N–H and O–H groups in total. The van der Waals surface area contributed by atoms with Gasteiger partial charge in [0.2, 0.25) is 15.8 Å². The van der Waals surface area contributed by atoms with Gasteiger partial charge in [0, 0.05) is 28.4 Å². The van der Waals surface area contributed by atoms with Crippen molar-refractivity contribution in [3.05, 3.63) is 45.6 Å². The van der Waals surface area contributed by atoms with Gasteiger partial charge in [-0.3, -0.25) is 0 Å². The fraction of sp³-hybridized carbons (Fsp3) is 0.312. The van der Waals surface area contributed by atoms with Crippen LogP contribution in [0.3, 0.4) is 0 Å². The number of benzene rings is 1. The van der Waals surface area contributed by atoms with Crippen molar-refractivity contribution in [3.8, 4) is 0 Å². The van der Waals surface area contributed by atoms with Crippen LogP contribution < -0.4 is 5.32 Å². The van der Waals surface area contributed by atoms with E-state index in [2.05, 4.69) is 20.4 Å². The number of anilines is 1. The highest BCUT2D eigenvalue weighted by molar-refractivity contribution is 7.90. The summed E-state index contributed by atoms with van der Waals surface area (Å²) in [6.45, 7) is 4.27. The number of halogens is 2. The van der Waals surface area contributed by atoms with Crippen LogP contribution in [0.15, 0.2) is 29.6 Å². The van der Waals surface area contributed by atoms with Crippen LogP contribution in [0.2, 0.25) is 10.0 Å². The van der Waals surface area contributed by atoms with Gasteiger partial charge in [0.15, 0.2) is 5.65 Å². The van der Waals surface area contributed by atoms with Crippen LogP contribution in [0, 0.1) is 0 Å². The second kappa shape index (κ2) is 7.02. The maximum Gasteiger partial charge on any atom is 0.252 e. The summed E-state index contributed by atoms with van der Waals surface area (Å²) in [5.74, 6) is 0.392. The number of nitrogens with one attached hydrogen (secondary N) is 1. The molecule has 0 saturated carbocycles. The first-order valence-corrected chi connectivity index (χ1v) is 10.4. The minimum Gasteiger partial charge on any atom is -0.350 e. The molecule has 3 aromatic rings. The van der Waals surface area contributed by atoms with E-state index in [1.165, 1.54) is 4.52 Å². The maximum absolute atomic E-state index is 12.0. The molecule has 0 bridgehead atoms. The molecule has 0 fully saturated rings. The lowest BCUT2D eigenvalue weighted by molar-refractivity contribution is 0.592. The number of hydrogen-bond donors (Lipinski definition) is 1. The highest BCUT2D eigenvalue weighted by Gasteiger charge is 2.20. The van der Waals surface area contributed by atoms with E-state index < -0.39 is 9.84 Å². The van der Waals surface area contributed by atoms with Gasteiger partial charge in [-0.1, -0.05) is 37.0 Å². The molecule has 0 aliphatic carbocycles. The van der Waals surface area contributed by atoms with Crippen molar-refractivity contribution < 1.29 is 8.42 Å². The molecule has 3 rings (SSSR count). The summed E-state index contributed by atoms with van der Waals surface area (Å²) in [6, 6.07) is 5.12. The number of nitrogens with zero attached hydrogens (tertiary/aromatic N) is 4. The summed E-state index contributed by atoms with van der Waals surface area (Å²) < 4.78 is 25.5. The Bertz CT molecular complexity index is 1080. The number of aromatic nitrogens is 4. The van der Waals surface area contributed by atoms with Crippen molar-refractivity contribution in [2.45, 2.75) is 31.5 Å². The molecule has 0 aliphatic rings. The van der Waals surface area contributed by atoms with E-state index >= 15 is 0 Å². The van der Waals surface area contributed by atoms with Crippen molar-refractivity contribution in [1.82, 2.24) is 19.6 Å². The highest BCUT2D eigenvalue weighted by atomic mass is 35.5. The first-order chi connectivity index (χ1) is 12.2. The molecule has 0 unspecified atom stereocenters. The van der Waals surface area contributed by atoms with E-state index in [9.17, 15) is 8.42 Å². The van der Waals surface area contributed by atoms with Crippen LogP contribution in [0.25, 0.3) is 5.65 Å². The van der Waals surface area contributed by atoms with Gasteiger partial charge < -0.3 is 5.32 Å². The van der Waals surface area contributed by atoms with Crippen molar-refractivity contribution in [2.24, 2.45) is 0 Å². The summed E-state index contributed by atoms with van der Waals surface area (Å²) in [6.07, 6.45) is 2.74. The zero-order chi connectivity index (χ0) is 19.1. The van der Waals surface area contributed by atoms with E-state index in [1.807, 2.05) is 13.8 Å². The van der Waals surface area contributed by atoms with Gasteiger partial charge in [0.1, 0.15) is 0 Å². The van der Waals surface area contributed by atoms with Gasteiger partial charge >= 0.3 is 0 Å². The molecule has 2 heterocycles. The third kappa shape index (κ3) is 3.77. The Labute approximate surface area is 161 Å². The normalized spacial score (nSPS) is 12.1. The van der Waals surface area contributed by atoms with E-state index in [-0.39, 0.29) is 17.0 Å². The minimum absolute atomic E-state index is 0.130. The van der Waals surface area contributed by atoms with Gasteiger partial charge in [-0.2, -0.15) is 19.6 Å². The topological polar surface area (TPSA) is 89.2 Å². The van der Waals surface area contributed by atoms with Crippen LogP contribution >= 0.6 is 23.2 Å². The molecule has 7 nitrogen and oxygen atoms in total. The summed E-state index contributed by atoms with van der Waals surface area (Å²) in [4.78, 5) is 8.32. The predicted molar refractivity (Wildman–Crippen MR) is 102 cm³/mol. The standard InChI is InChI=1S/C16H17Cl2N5O2S/c1-9(2)12-8-20-23-14(12)21-16(26(3,24)25)22-15(23)19-7-10-6-11(17)4-5-13(10)18/h4-6,8-9H,7H2,1-3H3,(H,19,21,22).